The zero-order valence-electron chi connectivity index (χ0n) is 11.9. The molecular weight excluding hydrogens is 292 g/mol. The SMILES string of the molecule is O=C(O)CSc1nnc(N2CCOCC2)n1C1CCCC1. The van der Waals surface area contributed by atoms with Gasteiger partial charge in [0.15, 0.2) is 5.16 Å². The fourth-order valence-corrected chi connectivity index (χ4v) is 3.68. The Morgan fingerprint density at radius 2 is 2.00 bits per heavy atom. The monoisotopic (exact) mass is 312 g/mol. The van der Waals surface area contributed by atoms with Crippen LogP contribution in [0.25, 0.3) is 0 Å². The summed E-state index contributed by atoms with van der Waals surface area (Å²) in [6.45, 7) is 3.03. The lowest BCUT2D eigenvalue weighted by atomic mass is 10.2. The van der Waals surface area contributed by atoms with E-state index in [0.29, 0.717) is 19.3 Å². The number of hydrogen-bond donors (Lipinski definition) is 1. The molecule has 0 amide bonds. The van der Waals surface area contributed by atoms with E-state index in [1.807, 2.05) is 0 Å². The van der Waals surface area contributed by atoms with Gasteiger partial charge in [-0.25, -0.2) is 0 Å². The van der Waals surface area contributed by atoms with E-state index in [4.69, 9.17) is 9.84 Å². The second-order valence-corrected chi connectivity index (χ2v) is 6.32. The molecule has 1 aliphatic heterocycles. The van der Waals surface area contributed by atoms with Gasteiger partial charge in [-0.05, 0) is 12.8 Å². The number of thioether (sulfide) groups is 1. The van der Waals surface area contributed by atoms with Crippen LogP contribution in [0, 0.1) is 0 Å². The molecule has 116 valence electrons. The number of nitrogens with zero attached hydrogens (tertiary/aromatic N) is 4. The lowest BCUT2D eigenvalue weighted by molar-refractivity contribution is -0.133. The Bertz CT molecular complexity index is 496. The van der Waals surface area contributed by atoms with Gasteiger partial charge in [0.1, 0.15) is 0 Å². The van der Waals surface area contributed by atoms with Gasteiger partial charge in [0.05, 0.1) is 19.0 Å². The Labute approximate surface area is 127 Å². The smallest absolute Gasteiger partial charge is 0.313 e. The summed E-state index contributed by atoms with van der Waals surface area (Å²) in [6, 6.07) is 0.397. The number of morpholine rings is 1. The Morgan fingerprint density at radius 1 is 1.29 bits per heavy atom. The summed E-state index contributed by atoms with van der Waals surface area (Å²) in [7, 11) is 0. The van der Waals surface area contributed by atoms with Gasteiger partial charge in [0.2, 0.25) is 5.95 Å². The molecule has 21 heavy (non-hydrogen) atoms. The first kappa shape index (κ1) is 14.6. The molecule has 0 unspecified atom stereocenters. The molecule has 1 aromatic heterocycles. The van der Waals surface area contributed by atoms with Gasteiger partial charge in [-0.1, -0.05) is 24.6 Å². The number of carbonyl (C=O) groups is 1. The van der Waals surface area contributed by atoms with Crippen molar-refractivity contribution in [3.63, 3.8) is 0 Å². The van der Waals surface area contributed by atoms with E-state index >= 15 is 0 Å². The minimum absolute atomic E-state index is 0.0218. The zero-order valence-corrected chi connectivity index (χ0v) is 12.7. The Balaban J connectivity index is 1.85. The van der Waals surface area contributed by atoms with Crippen LogP contribution in [0.5, 0.6) is 0 Å². The Morgan fingerprint density at radius 3 is 2.67 bits per heavy atom. The number of hydrogen-bond acceptors (Lipinski definition) is 6. The minimum Gasteiger partial charge on any atom is -0.481 e. The number of ether oxygens (including phenoxy) is 1. The van der Waals surface area contributed by atoms with E-state index in [0.717, 1.165) is 37.0 Å². The highest BCUT2D eigenvalue weighted by molar-refractivity contribution is 7.99. The normalized spacial score (nSPS) is 20.1. The molecular formula is C13H20N4O3S. The van der Waals surface area contributed by atoms with E-state index in [2.05, 4.69) is 19.7 Å². The summed E-state index contributed by atoms with van der Waals surface area (Å²) in [5.74, 6) is 0.0699. The molecule has 0 spiro atoms. The van der Waals surface area contributed by atoms with Gasteiger partial charge in [0.25, 0.3) is 0 Å². The third-order valence-corrected chi connectivity index (χ3v) is 4.88. The third kappa shape index (κ3) is 3.32. The molecule has 1 saturated carbocycles. The van der Waals surface area contributed by atoms with Crippen molar-refractivity contribution in [2.45, 2.75) is 36.9 Å². The molecule has 2 aliphatic rings. The molecule has 1 aliphatic carbocycles. The zero-order chi connectivity index (χ0) is 14.7. The van der Waals surface area contributed by atoms with Gasteiger partial charge >= 0.3 is 5.97 Å². The fraction of sp³-hybridized carbons (Fsp3) is 0.769. The van der Waals surface area contributed by atoms with Crippen molar-refractivity contribution in [3.8, 4) is 0 Å². The van der Waals surface area contributed by atoms with E-state index in [1.165, 1.54) is 24.6 Å². The Hall–Kier alpha value is -1.28. The topological polar surface area (TPSA) is 80.5 Å². The van der Waals surface area contributed by atoms with Crippen molar-refractivity contribution in [1.29, 1.82) is 0 Å². The summed E-state index contributed by atoms with van der Waals surface area (Å²) >= 11 is 1.26. The van der Waals surface area contributed by atoms with Crippen molar-refractivity contribution in [3.05, 3.63) is 0 Å². The van der Waals surface area contributed by atoms with Gasteiger partial charge in [-0.3, -0.25) is 9.36 Å². The number of carboxylic acid groups (broad SMARTS) is 1. The summed E-state index contributed by atoms with van der Waals surface area (Å²) < 4.78 is 7.55. The van der Waals surface area contributed by atoms with Crippen molar-refractivity contribution in [2.75, 3.05) is 37.0 Å². The molecule has 3 rings (SSSR count). The standard InChI is InChI=1S/C13H20N4O3S/c18-11(19)9-21-13-15-14-12(16-5-7-20-8-6-16)17(13)10-3-1-2-4-10/h10H,1-9H2,(H,18,19). The highest BCUT2D eigenvalue weighted by Gasteiger charge is 2.27. The van der Waals surface area contributed by atoms with Gasteiger partial charge in [0, 0.05) is 19.1 Å². The molecule has 0 aromatic carbocycles. The van der Waals surface area contributed by atoms with E-state index < -0.39 is 5.97 Å². The van der Waals surface area contributed by atoms with E-state index in [9.17, 15) is 4.79 Å². The lowest BCUT2D eigenvalue weighted by Crippen LogP contribution is -2.38. The minimum atomic E-state index is -0.825. The van der Waals surface area contributed by atoms with Crippen molar-refractivity contribution >= 4 is 23.7 Å². The fourth-order valence-electron chi connectivity index (χ4n) is 2.96. The third-order valence-electron chi connectivity index (χ3n) is 3.96. The van der Waals surface area contributed by atoms with Crippen LogP contribution < -0.4 is 4.90 Å². The molecule has 8 heteroatoms. The van der Waals surface area contributed by atoms with Crippen LogP contribution in [-0.2, 0) is 9.53 Å². The summed E-state index contributed by atoms with van der Waals surface area (Å²) in [4.78, 5) is 13.0. The van der Waals surface area contributed by atoms with E-state index in [1.54, 1.807) is 0 Å². The largest absolute Gasteiger partial charge is 0.481 e. The maximum atomic E-state index is 10.8. The maximum absolute atomic E-state index is 10.8. The van der Waals surface area contributed by atoms with Crippen molar-refractivity contribution in [1.82, 2.24) is 14.8 Å². The van der Waals surface area contributed by atoms with E-state index in [-0.39, 0.29) is 5.75 Å². The molecule has 1 aromatic rings. The van der Waals surface area contributed by atoms with Crippen LogP contribution in [0.15, 0.2) is 5.16 Å². The van der Waals surface area contributed by atoms with Crippen molar-refractivity contribution in [2.24, 2.45) is 0 Å². The summed E-state index contributed by atoms with van der Waals surface area (Å²) in [5.41, 5.74) is 0. The molecule has 0 radical (unpaired) electrons. The van der Waals surface area contributed by atoms with Crippen LogP contribution >= 0.6 is 11.8 Å². The lowest BCUT2D eigenvalue weighted by Gasteiger charge is -2.29. The molecule has 2 heterocycles. The number of aromatic nitrogens is 3. The highest BCUT2D eigenvalue weighted by atomic mass is 32.2. The second-order valence-electron chi connectivity index (χ2n) is 5.37. The average molecular weight is 312 g/mol. The van der Waals surface area contributed by atoms with Crippen molar-refractivity contribution < 1.29 is 14.6 Å². The van der Waals surface area contributed by atoms with Crippen LogP contribution in [0.3, 0.4) is 0 Å². The van der Waals surface area contributed by atoms with Gasteiger partial charge in [-0.2, -0.15) is 0 Å². The summed E-state index contributed by atoms with van der Waals surface area (Å²) in [6.07, 6.45) is 4.68. The van der Waals surface area contributed by atoms with Gasteiger partial charge < -0.3 is 14.7 Å². The van der Waals surface area contributed by atoms with Gasteiger partial charge in [-0.15, -0.1) is 10.2 Å². The second kappa shape index (κ2) is 6.65. The number of carboxylic acids is 1. The quantitative estimate of drug-likeness (QED) is 0.823. The molecule has 7 nitrogen and oxygen atoms in total. The molecule has 2 fully saturated rings. The van der Waals surface area contributed by atoms with Crippen LogP contribution in [-0.4, -0.2) is 57.9 Å². The number of aliphatic carboxylic acids is 1. The first-order valence-electron chi connectivity index (χ1n) is 7.38. The van der Waals surface area contributed by atoms with Crippen LogP contribution in [0.2, 0.25) is 0 Å². The predicted molar refractivity (Wildman–Crippen MR) is 78.9 cm³/mol. The summed E-state index contributed by atoms with van der Waals surface area (Å²) in [5, 5.41) is 18.2. The number of anilines is 1. The first-order valence-corrected chi connectivity index (χ1v) is 8.36. The average Bonchev–Trinajstić information content (AvgIpc) is 3.15. The van der Waals surface area contributed by atoms with Crippen LogP contribution in [0.4, 0.5) is 5.95 Å². The Kier molecular flexibility index (Phi) is 4.64. The number of rotatable bonds is 5. The first-order chi connectivity index (χ1) is 10.3. The highest BCUT2D eigenvalue weighted by Crippen LogP contribution is 2.36. The molecule has 0 bridgehead atoms. The predicted octanol–water partition coefficient (Wildman–Crippen LogP) is 1.41. The molecule has 0 atom stereocenters. The maximum Gasteiger partial charge on any atom is 0.313 e. The molecule has 1 saturated heterocycles. The van der Waals surface area contributed by atoms with Crippen LogP contribution in [0.1, 0.15) is 31.7 Å². The molecule has 1 N–H and O–H groups in total.